The average molecular weight is 389 g/mol. The van der Waals surface area contributed by atoms with E-state index in [1.54, 1.807) is 23.7 Å². The molecular formula is C21H19N5O3. The number of para-hydroxylation sites is 2. The van der Waals surface area contributed by atoms with Gasteiger partial charge in [-0.25, -0.2) is 9.08 Å². The zero-order valence-corrected chi connectivity index (χ0v) is 15.9. The normalized spacial score (nSPS) is 13.1. The van der Waals surface area contributed by atoms with Crippen molar-refractivity contribution >= 4 is 28.4 Å². The lowest BCUT2D eigenvalue weighted by atomic mass is 10.1. The number of aryl methyl sites for hydroxylation is 3. The topological polar surface area (TPSA) is 90.4 Å². The van der Waals surface area contributed by atoms with Gasteiger partial charge in [-0.15, -0.1) is 5.10 Å². The van der Waals surface area contributed by atoms with Crippen LogP contribution < -0.4 is 16.4 Å². The molecule has 0 radical (unpaired) electrons. The molecule has 1 aliphatic carbocycles. The molecule has 2 heterocycles. The molecule has 0 saturated carbocycles. The van der Waals surface area contributed by atoms with Crippen molar-refractivity contribution in [2.75, 3.05) is 5.32 Å². The molecule has 29 heavy (non-hydrogen) atoms. The van der Waals surface area contributed by atoms with Crippen LogP contribution in [0, 0.1) is 0 Å². The van der Waals surface area contributed by atoms with E-state index in [0.717, 1.165) is 29.5 Å². The Hall–Kier alpha value is -3.68. The molecule has 0 aliphatic heterocycles. The van der Waals surface area contributed by atoms with Crippen molar-refractivity contribution in [3.05, 3.63) is 74.3 Å². The first-order valence-electron chi connectivity index (χ1n) is 9.52. The van der Waals surface area contributed by atoms with Crippen molar-refractivity contribution in [2.45, 2.75) is 25.8 Å². The van der Waals surface area contributed by atoms with E-state index in [9.17, 15) is 14.4 Å². The van der Waals surface area contributed by atoms with E-state index in [2.05, 4.69) is 10.4 Å². The number of amides is 1. The SMILES string of the molecule is Cn1c2ccccc2n2c(=O)c(=O)n(CC(=O)Nc3ccc4c(c3)CCC4)nc12. The lowest BCUT2D eigenvalue weighted by molar-refractivity contribution is -0.117. The molecule has 8 nitrogen and oxygen atoms in total. The van der Waals surface area contributed by atoms with Crippen LogP contribution in [0.1, 0.15) is 17.5 Å². The molecule has 2 aromatic heterocycles. The van der Waals surface area contributed by atoms with Gasteiger partial charge in [-0.05, 0) is 54.7 Å². The second-order valence-corrected chi connectivity index (χ2v) is 7.34. The van der Waals surface area contributed by atoms with Crippen LogP contribution >= 0.6 is 0 Å². The van der Waals surface area contributed by atoms with Crippen molar-refractivity contribution in [3.63, 3.8) is 0 Å². The lowest BCUT2D eigenvalue weighted by Crippen LogP contribution is -2.42. The van der Waals surface area contributed by atoms with Crippen LogP contribution in [0.4, 0.5) is 5.69 Å². The Morgan fingerprint density at radius 2 is 1.79 bits per heavy atom. The first kappa shape index (κ1) is 17.4. The first-order chi connectivity index (χ1) is 14.0. The Balaban J connectivity index is 1.50. The summed E-state index contributed by atoms with van der Waals surface area (Å²) in [5.74, 6) is -0.0961. The van der Waals surface area contributed by atoms with Crippen LogP contribution in [0.3, 0.4) is 0 Å². The summed E-state index contributed by atoms with van der Waals surface area (Å²) < 4.78 is 3.94. The molecular weight excluding hydrogens is 370 g/mol. The maximum Gasteiger partial charge on any atom is 0.333 e. The molecule has 0 unspecified atom stereocenters. The van der Waals surface area contributed by atoms with E-state index in [0.29, 0.717) is 17.0 Å². The van der Waals surface area contributed by atoms with Gasteiger partial charge in [0.1, 0.15) is 6.54 Å². The minimum atomic E-state index is -0.831. The predicted octanol–water partition coefficient (Wildman–Crippen LogP) is 1.48. The van der Waals surface area contributed by atoms with Gasteiger partial charge in [-0.1, -0.05) is 18.2 Å². The van der Waals surface area contributed by atoms with E-state index in [-0.39, 0.29) is 6.54 Å². The highest BCUT2D eigenvalue weighted by Crippen LogP contribution is 2.24. The van der Waals surface area contributed by atoms with Crippen molar-refractivity contribution in [1.29, 1.82) is 0 Å². The standard InChI is InChI=1S/C21H19N5O3/c1-24-16-7-2-3-8-17(16)26-20(29)19(28)25(23-21(24)26)12-18(27)22-15-10-9-13-5-4-6-14(13)11-15/h2-3,7-11H,4-6,12H2,1H3,(H,22,27). The van der Waals surface area contributed by atoms with Gasteiger partial charge in [-0.3, -0.25) is 14.4 Å². The van der Waals surface area contributed by atoms with Crippen molar-refractivity contribution in [2.24, 2.45) is 7.05 Å². The van der Waals surface area contributed by atoms with Crippen molar-refractivity contribution < 1.29 is 4.79 Å². The number of fused-ring (bicyclic) bond motifs is 4. The number of hydrogen-bond acceptors (Lipinski definition) is 4. The molecule has 1 aliphatic rings. The van der Waals surface area contributed by atoms with Crippen LogP contribution in [0.15, 0.2) is 52.1 Å². The fourth-order valence-electron chi connectivity index (χ4n) is 4.07. The molecule has 0 atom stereocenters. The van der Waals surface area contributed by atoms with Gasteiger partial charge in [0.05, 0.1) is 11.0 Å². The highest BCUT2D eigenvalue weighted by molar-refractivity contribution is 5.90. The van der Waals surface area contributed by atoms with E-state index in [1.807, 2.05) is 30.3 Å². The largest absolute Gasteiger partial charge is 0.333 e. The quantitative estimate of drug-likeness (QED) is 0.538. The maximum absolute atomic E-state index is 12.7. The number of benzene rings is 2. The maximum atomic E-state index is 12.7. The number of hydrogen-bond donors (Lipinski definition) is 1. The molecule has 0 bridgehead atoms. The van der Waals surface area contributed by atoms with Crippen LogP contribution in [0.5, 0.6) is 0 Å². The number of nitrogens with one attached hydrogen (secondary N) is 1. The second-order valence-electron chi connectivity index (χ2n) is 7.34. The number of imidazole rings is 1. The fourth-order valence-corrected chi connectivity index (χ4v) is 4.07. The summed E-state index contributed by atoms with van der Waals surface area (Å²) in [5.41, 5.74) is 3.07. The van der Waals surface area contributed by atoms with Gasteiger partial charge in [-0.2, -0.15) is 0 Å². The van der Waals surface area contributed by atoms with Gasteiger partial charge >= 0.3 is 11.1 Å². The van der Waals surface area contributed by atoms with Gasteiger partial charge in [0, 0.05) is 12.7 Å². The van der Waals surface area contributed by atoms with Gasteiger partial charge in [0.2, 0.25) is 11.7 Å². The molecule has 0 fully saturated rings. The summed E-state index contributed by atoms with van der Waals surface area (Å²) in [6.07, 6.45) is 3.20. The summed E-state index contributed by atoms with van der Waals surface area (Å²) in [7, 11) is 1.77. The molecule has 146 valence electrons. The Morgan fingerprint density at radius 3 is 2.62 bits per heavy atom. The highest BCUT2D eigenvalue weighted by Gasteiger charge is 2.17. The van der Waals surface area contributed by atoms with E-state index >= 15 is 0 Å². The molecule has 5 rings (SSSR count). The summed E-state index contributed by atoms with van der Waals surface area (Å²) in [6, 6.07) is 13.1. The minimum Gasteiger partial charge on any atom is -0.324 e. The van der Waals surface area contributed by atoms with Crippen molar-refractivity contribution in [1.82, 2.24) is 18.7 Å². The Labute approximate surface area is 165 Å². The first-order valence-corrected chi connectivity index (χ1v) is 9.52. The van der Waals surface area contributed by atoms with Gasteiger partial charge in [0.25, 0.3) is 0 Å². The second kappa shape index (κ2) is 6.44. The number of rotatable bonds is 3. The Morgan fingerprint density at radius 1 is 1.03 bits per heavy atom. The third-order valence-corrected chi connectivity index (χ3v) is 5.49. The summed E-state index contributed by atoms with van der Waals surface area (Å²) >= 11 is 0. The summed E-state index contributed by atoms with van der Waals surface area (Å²) in [5, 5.41) is 7.08. The van der Waals surface area contributed by atoms with Crippen LogP contribution in [-0.2, 0) is 31.2 Å². The highest BCUT2D eigenvalue weighted by atomic mass is 16.2. The molecule has 8 heteroatoms. The molecule has 0 spiro atoms. The predicted molar refractivity (Wildman–Crippen MR) is 109 cm³/mol. The number of anilines is 1. The zero-order chi connectivity index (χ0) is 20.1. The third kappa shape index (κ3) is 2.75. The molecule has 2 aromatic carbocycles. The summed E-state index contributed by atoms with van der Waals surface area (Å²) in [6.45, 7) is -0.330. The van der Waals surface area contributed by atoms with E-state index in [1.165, 1.54) is 15.5 Å². The third-order valence-electron chi connectivity index (χ3n) is 5.49. The lowest BCUT2D eigenvalue weighted by Gasteiger charge is -2.08. The number of aromatic nitrogens is 4. The van der Waals surface area contributed by atoms with Crippen molar-refractivity contribution in [3.8, 4) is 0 Å². The van der Waals surface area contributed by atoms with Crippen LogP contribution in [0.2, 0.25) is 0 Å². The van der Waals surface area contributed by atoms with E-state index < -0.39 is 17.0 Å². The van der Waals surface area contributed by atoms with E-state index in [4.69, 9.17) is 0 Å². The smallest absolute Gasteiger partial charge is 0.324 e. The Bertz CT molecular complexity index is 1410. The number of carbonyl (C=O) groups is 1. The van der Waals surface area contributed by atoms with Crippen LogP contribution in [0.25, 0.3) is 16.8 Å². The fraction of sp³-hybridized carbons (Fsp3) is 0.238. The zero-order valence-electron chi connectivity index (χ0n) is 15.9. The monoisotopic (exact) mass is 389 g/mol. The molecule has 0 saturated heterocycles. The minimum absolute atomic E-state index is 0.307. The van der Waals surface area contributed by atoms with Crippen LogP contribution in [-0.4, -0.2) is 24.7 Å². The molecule has 1 amide bonds. The summed E-state index contributed by atoms with van der Waals surface area (Å²) in [4.78, 5) is 37.8. The van der Waals surface area contributed by atoms with Gasteiger partial charge in [0.15, 0.2) is 0 Å². The number of nitrogens with zero attached hydrogens (tertiary/aromatic N) is 4. The number of carbonyl (C=O) groups excluding carboxylic acids is 1. The average Bonchev–Trinajstić information content (AvgIpc) is 3.29. The molecule has 4 aromatic rings. The van der Waals surface area contributed by atoms with Gasteiger partial charge < -0.3 is 9.88 Å². The Kier molecular flexibility index (Phi) is 3.87. The molecule has 1 N–H and O–H groups in total.